The summed E-state index contributed by atoms with van der Waals surface area (Å²) in [6.45, 7) is 3.53. The van der Waals surface area contributed by atoms with Crippen LogP contribution in [0.4, 0.5) is 26.6 Å². The van der Waals surface area contributed by atoms with E-state index in [0.717, 1.165) is 23.1 Å². The average Bonchev–Trinajstić information content (AvgIpc) is 3.42. The molecule has 0 bridgehead atoms. The van der Waals surface area contributed by atoms with Crippen molar-refractivity contribution in [3.05, 3.63) is 108 Å². The zero-order valence-electron chi connectivity index (χ0n) is 22.6. The van der Waals surface area contributed by atoms with E-state index in [1.165, 1.54) is 17.7 Å². The molecule has 41 heavy (non-hydrogen) atoms. The summed E-state index contributed by atoms with van der Waals surface area (Å²) >= 11 is 0. The zero-order chi connectivity index (χ0) is 28.0. The smallest absolute Gasteiger partial charge is 0.321 e. The SMILES string of the molecule is O=C(Nc1ccc(F)cc1)N1CCN(c2nc(NCCc3ccccc3)c3ncn(Cc4ccccc4)c3n2)CC1. The first kappa shape index (κ1) is 26.2. The molecule has 6 rings (SSSR count). The average molecular weight is 551 g/mol. The van der Waals surface area contributed by atoms with Crippen molar-refractivity contribution in [2.75, 3.05) is 48.3 Å². The molecule has 0 aliphatic carbocycles. The number of nitrogens with zero attached hydrogens (tertiary/aromatic N) is 6. The highest BCUT2D eigenvalue weighted by atomic mass is 19.1. The van der Waals surface area contributed by atoms with Crippen molar-refractivity contribution in [1.29, 1.82) is 0 Å². The van der Waals surface area contributed by atoms with Crippen LogP contribution in [0.2, 0.25) is 0 Å². The summed E-state index contributed by atoms with van der Waals surface area (Å²) < 4.78 is 15.3. The summed E-state index contributed by atoms with van der Waals surface area (Å²) in [5.74, 6) is 0.963. The Kier molecular flexibility index (Phi) is 7.70. The van der Waals surface area contributed by atoms with E-state index in [-0.39, 0.29) is 11.8 Å². The quantitative estimate of drug-likeness (QED) is 0.282. The normalized spacial score (nSPS) is 13.4. The second kappa shape index (κ2) is 12.0. The van der Waals surface area contributed by atoms with Gasteiger partial charge < -0.3 is 25.0 Å². The predicted octanol–water partition coefficient (Wildman–Crippen LogP) is 5.02. The number of anilines is 3. The van der Waals surface area contributed by atoms with Gasteiger partial charge in [-0.25, -0.2) is 14.2 Å². The molecule has 2 amide bonds. The van der Waals surface area contributed by atoms with Gasteiger partial charge in [-0.3, -0.25) is 0 Å². The first-order valence-corrected chi connectivity index (χ1v) is 13.7. The van der Waals surface area contributed by atoms with Gasteiger partial charge in [-0.2, -0.15) is 9.97 Å². The predicted molar refractivity (Wildman–Crippen MR) is 159 cm³/mol. The lowest BCUT2D eigenvalue weighted by atomic mass is 10.1. The van der Waals surface area contributed by atoms with Crippen LogP contribution in [0, 0.1) is 5.82 Å². The summed E-state index contributed by atoms with van der Waals surface area (Å²) in [5.41, 5.74) is 4.46. The Hall–Kier alpha value is -4.99. The van der Waals surface area contributed by atoms with Crippen LogP contribution in [0.1, 0.15) is 11.1 Å². The van der Waals surface area contributed by atoms with Gasteiger partial charge in [0.2, 0.25) is 5.95 Å². The number of benzene rings is 3. The third kappa shape index (κ3) is 6.27. The van der Waals surface area contributed by atoms with Gasteiger partial charge in [0, 0.05) is 38.4 Å². The monoisotopic (exact) mass is 550 g/mol. The Morgan fingerprint density at radius 3 is 2.22 bits per heavy atom. The third-order valence-corrected chi connectivity index (χ3v) is 7.14. The molecule has 0 radical (unpaired) electrons. The number of rotatable bonds is 8. The van der Waals surface area contributed by atoms with Crippen LogP contribution in [0.5, 0.6) is 0 Å². The molecule has 3 aromatic carbocycles. The van der Waals surface area contributed by atoms with Crippen LogP contribution in [0.3, 0.4) is 0 Å². The standard InChI is InChI=1S/C31H31FN8O/c32-25-11-13-26(14-12-25)35-31(41)39-19-17-38(18-20-39)30-36-28(33-16-15-23-7-3-1-4-8-23)27-29(37-30)40(22-34-27)21-24-9-5-2-6-10-24/h1-14,22H,15-21H2,(H,35,41)(H,33,36,37). The number of urea groups is 1. The maximum absolute atomic E-state index is 13.2. The van der Waals surface area contributed by atoms with E-state index in [1.54, 1.807) is 17.0 Å². The lowest BCUT2D eigenvalue weighted by Crippen LogP contribution is -2.50. The number of hydrogen-bond donors (Lipinski definition) is 2. The molecule has 0 atom stereocenters. The minimum atomic E-state index is -0.340. The molecule has 208 valence electrons. The summed E-state index contributed by atoms with van der Waals surface area (Å²) in [6, 6.07) is 26.1. The fourth-order valence-electron chi connectivity index (χ4n) is 4.91. The summed E-state index contributed by atoms with van der Waals surface area (Å²) in [4.78, 5) is 31.2. The fourth-order valence-corrected chi connectivity index (χ4v) is 4.91. The van der Waals surface area contributed by atoms with E-state index in [9.17, 15) is 9.18 Å². The van der Waals surface area contributed by atoms with E-state index < -0.39 is 0 Å². The third-order valence-electron chi connectivity index (χ3n) is 7.14. The number of amides is 2. The Morgan fingerprint density at radius 2 is 1.51 bits per heavy atom. The summed E-state index contributed by atoms with van der Waals surface area (Å²) in [6.07, 6.45) is 2.67. The Labute approximate surface area is 237 Å². The van der Waals surface area contributed by atoms with E-state index in [4.69, 9.17) is 9.97 Å². The summed E-state index contributed by atoms with van der Waals surface area (Å²) in [5, 5.41) is 6.34. The topological polar surface area (TPSA) is 91.2 Å². The van der Waals surface area contributed by atoms with Gasteiger partial charge >= 0.3 is 6.03 Å². The van der Waals surface area contributed by atoms with E-state index in [1.807, 2.05) is 47.3 Å². The van der Waals surface area contributed by atoms with Crippen LogP contribution in [-0.4, -0.2) is 63.2 Å². The van der Waals surface area contributed by atoms with Crippen LogP contribution in [0.25, 0.3) is 11.2 Å². The van der Waals surface area contributed by atoms with Crippen molar-refractivity contribution in [2.45, 2.75) is 13.0 Å². The van der Waals surface area contributed by atoms with Gasteiger partial charge in [0.25, 0.3) is 0 Å². The highest BCUT2D eigenvalue weighted by Crippen LogP contribution is 2.24. The number of fused-ring (bicyclic) bond motifs is 1. The van der Waals surface area contributed by atoms with E-state index >= 15 is 0 Å². The lowest BCUT2D eigenvalue weighted by molar-refractivity contribution is 0.208. The maximum atomic E-state index is 13.2. The molecule has 1 saturated heterocycles. The minimum Gasteiger partial charge on any atom is -0.368 e. The van der Waals surface area contributed by atoms with E-state index in [2.05, 4.69) is 44.8 Å². The maximum Gasteiger partial charge on any atom is 0.321 e. The molecule has 1 aliphatic heterocycles. The molecule has 0 spiro atoms. The van der Waals surface area contributed by atoms with Crippen LogP contribution in [-0.2, 0) is 13.0 Å². The van der Waals surface area contributed by atoms with Crippen molar-refractivity contribution in [1.82, 2.24) is 24.4 Å². The van der Waals surface area contributed by atoms with Crippen molar-refractivity contribution in [3.63, 3.8) is 0 Å². The molecule has 9 nitrogen and oxygen atoms in total. The molecule has 0 saturated carbocycles. The Bertz CT molecular complexity index is 1600. The minimum absolute atomic E-state index is 0.211. The molecule has 2 aromatic heterocycles. The van der Waals surface area contributed by atoms with Crippen molar-refractivity contribution in [2.24, 2.45) is 0 Å². The molecule has 0 unspecified atom stereocenters. The molecule has 3 heterocycles. The highest BCUT2D eigenvalue weighted by Gasteiger charge is 2.24. The largest absolute Gasteiger partial charge is 0.368 e. The fraction of sp³-hybridized carbons (Fsp3) is 0.226. The van der Waals surface area contributed by atoms with Crippen LogP contribution >= 0.6 is 0 Å². The first-order valence-electron chi connectivity index (χ1n) is 13.7. The first-order chi connectivity index (χ1) is 20.1. The van der Waals surface area contributed by atoms with Gasteiger partial charge in [-0.15, -0.1) is 0 Å². The van der Waals surface area contributed by atoms with Gasteiger partial charge in [-0.05, 0) is 41.8 Å². The molecule has 2 N–H and O–H groups in total. The molecule has 10 heteroatoms. The molecule has 1 fully saturated rings. The van der Waals surface area contributed by atoms with Crippen molar-refractivity contribution < 1.29 is 9.18 Å². The zero-order valence-corrected chi connectivity index (χ0v) is 22.6. The molecule has 1 aliphatic rings. The second-order valence-corrected chi connectivity index (χ2v) is 9.98. The number of nitrogens with one attached hydrogen (secondary N) is 2. The number of hydrogen-bond acceptors (Lipinski definition) is 6. The molecular weight excluding hydrogens is 519 g/mol. The van der Waals surface area contributed by atoms with Crippen LogP contribution in [0.15, 0.2) is 91.3 Å². The number of carbonyl (C=O) groups excluding carboxylic acids is 1. The van der Waals surface area contributed by atoms with Crippen LogP contribution < -0.4 is 15.5 Å². The summed E-state index contributed by atoms with van der Waals surface area (Å²) in [7, 11) is 0. The number of halogens is 1. The number of imidazole rings is 1. The number of aromatic nitrogens is 4. The second-order valence-electron chi connectivity index (χ2n) is 9.98. The van der Waals surface area contributed by atoms with Gasteiger partial charge in [-0.1, -0.05) is 60.7 Å². The van der Waals surface area contributed by atoms with Crippen molar-refractivity contribution >= 4 is 34.6 Å². The lowest BCUT2D eigenvalue weighted by Gasteiger charge is -2.34. The van der Waals surface area contributed by atoms with Gasteiger partial charge in [0.1, 0.15) is 5.82 Å². The van der Waals surface area contributed by atoms with Gasteiger partial charge in [0.15, 0.2) is 17.0 Å². The Balaban J connectivity index is 1.20. The van der Waals surface area contributed by atoms with Gasteiger partial charge in [0.05, 0.1) is 12.9 Å². The Morgan fingerprint density at radius 1 is 0.829 bits per heavy atom. The number of piperazine rings is 1. The molecular formula is C31H31FN8O. The molecule has 5 aromatic rings. The number of carbonyl (C=O) groups is 1. The van der Waals surface area contributed by atoms with Crippen molar-refractivity contribution in [3.8, 4) is 0 Å². The highest BCUT2D eigenvalue weighted by molar-refractivity contribution is 5.89. The van der Waals surface area contributed by atoms with E-state index in [0.29, 0.717) is 56.7 Å².